The lowest BCUT2D eigenvalue weighted by Gasteiger charge is -2.32. The lowest BCUT2D eigenvalue weighted by molar-refractivity contribution is -0.145. The molecule has 2 N–H and O–H groups in total. The zero-order valence-corrected chi connectivity index (χ0v) is 9.80. The number of phenolic OH excluding ortho intramolecular Hbond substituents is 1. The predicted molar refractivity (Wildman–Crippen MR) is 63.7 cm³/mol. The molecule has 1 aliphatic heterocycles. The highest BCUT2D eigenvalue weighted by Gasteiger charge is 2.41. The summed E-state index contributed by atoms with van der Waals surface area (Å²) in [6.45, 7) is 0.165. The van der Waals surface area contributed by atoms with Crippen molar-refractivity contribution in [1.82, 2.24) is 10.2 Å². The minimum absolute atomic E-state index is 0.0530. The normalized spacial score (nSPS) is 24.0. The molecule has 5 nitrogen and oxygen atoms in total. The third-order valence-corrected chi connectivity index (χ3v) is 3.36. The molecular formula is C13H14N2O3. The van der Waals surface area contributed by atoms with Crippen molar-refractivity contribution in [3.05, 3.63) is 29.8 Å². The van der Waals surface area contributed by atoms with E-state index in [1.54, 1.807) is 17.0 Å². The molecule has 1 heterocycles. The van der Waals surface area contributed by atoms with Gasteiger partial charge in [-0.15, -0.1) is 0 Å². The number of amides is 2. The van der Waals surface area contributed by atoms with Gasteiger partial charge >= 0.3 is 0 Å². The lowest BCUT2D eigenvalue weighted by atomic mass is 10.0. The van der Waals surface area contributed by atoms with Crippen LogP contribution in [0.15, 0.2) is 24.3 Å². The summed E-state index contributed by atoms with van der Waals surface area (Å²) in [4.78, 5) is 25.6. The van der Waals surface area contributed by atoms with Gasteiger partial charge in [-0.05, 0) is 30.5 Å². The molecule has 2 aliphatic rings. The first-order valence-corrected chi connectivity index (χ1v) is 6.04. The summed E-state index contributed by atoms with van der Waals surface area (Å²) in [7, 11) is 0. The molecule has 18 heavy (non-hydrogen) atoms. The Morgan fingerprint density at radius 1 is 1.17 bits per heavy atom. The van der Waals surface area contributed by atoms with Gasteiger partial charge in [0.1, 0.15) is 11.8 Å². The van der Waals surface area contributed by atoms with Gasteiger partial charge in [0.05, 0.1) is 6.54 Å². The molecule has 94 valence electrons. The van der Waals surface area contributed by atoms with E-state index < -0.39 is 6.04 Å². The average Bonchev–Trinajstić information content (AvgIpc) is 3.17. The Kier molecular flexibility index (Phi) is 2.47. The highest BCUT2D eigenvalue weighted by molar-refractivity contribution is 5.95. The number of carbonyl (C=O) groups is 2. The molecule has 0 aromatic heterocycles. The highest BCUT2D eigenvalue weighted by Crippen LogP contribution is 2.31. The van der Waals surface area contributed by atoms with Crippen LogP contribution in [0.1, 0.15) is 24.4 Å². The number of benzene rings is 1. The van der Waals surface area contributed by atoms with E-state index in [2.05, 4.69) is 5.32 Å². The summed E-state index contributed by atoms with van der Waals surface area (Å²) in [5, 5.41) is 11.9. The van der Waals surface area contributed by atoms with E-state index in [-0.39, 0.29) is 30.2 Å². The van der Waals surface area contributed by atoms with Gasteiger partial charge in [-0.3, -0.25) is 9.59 Å². The number of aromatic hydroxyl groups is 1. The first-order valence-electron chi connectivity index (χ1n) is 6.04. The number of hydrogen-bond donors (Lipinski definition) is 2. The number of piperazine rings is 1. The van der Waals surface area contributed by atoms with E-state index in [9.17, 15) is 14.7 Å². The fraction of sp³-hybridized carbons (Fsp3) is 0.385. The van der Waals surface area contributed by atoms with E-state index in [1.807, 2.05) is 0 Å². The molecule has 3 rings (SSSR count). The maximum Gasteiger partial charge on any atom is 0.250 e. The second-order valence-corrected chi connectivity index (χ2v) is 4.79. The van der Waals surface area contributed by atoms with E-state index in [1.165, 1.54) is 12.1 Å². The SMILES string of the molecule is O=C1CN(C2CC2)C(=O)C(c2ccc(O)cc2)N1. The molecule has 1 saturated heterocycles. The van der Waals surface area contributed by atoms with Crippen molar-refractivity contribution >= 4 is 11.8 Å². The first kappa shape index (κ1) is 11.1. The van der Waals surface area contributed by atoms with Crippen molar-refractivity contribution < 1.29 is 14.7 Å². The molecule has 0 bridgehead atoms. The van der Waals surface area contributed by atoms with Gasteiger partial charge in [-0.25, -0.2) is 0 Å². The molecule has 1 aromatic carbocycles. The fourth-order valence-electron chi connectivity index (χ4n) is 2.25. The van der Waals surface area contributed by atoms with Gasteiger partial charge < -0.3 is 15.3 Å². The molecule has 1 atom stereocenters. The fourth-order valence-corrected chi connectivity index (χ4v) is 2.25. The number of nitrogens with one attached hydrogen (secondary N) is 1. The van der Waals surface area contributed by atoms with Crippen LogP contribution in [-0.2, 0) is 9.59 Å². The van der Waals surface area contributed by atoms with Crippen LogP contribution >= 0.6 is 0 Å². The average molecular weight is 246 g/mol. The number of nitrogens with zero attached hydrogens (tertiary/aromatic N) is 1. The van der Waals surface area contributed by atoms with Crippen LogP contribution in [0.25, 0.3) is 0 Å². The molecule has 0 radical (unpaired) electrons. The molecule has 2 fully saturated rings. The minimum Gasteiger partial charge on any atom is -0.508 e. The lowest BCUT2D eigenvalue weighted by Crippen LogP contribution is -2.54. The summed E-state index contributed by atoms with van der Waals surface area (Å²) < 4.78 is 0. The topological polar surface area (TPSA) is 69.6 Å². The molecule has 1 aromatic rings. The molecule has 1 aliphatic carbocycles. The summed E-state index contributed by atoms with van der Waals surface area (Å²) in [6, 6.07) is 5.98. The van der Waals surface area contributed by atoms with Crippen LogP contribution in [0.3, 0.4) is 0 Å². The van der Waals surface area contributed by atoms with Crippen LogP contribution < -0.4 is 5.32 Å². The summed E-state index contributed by atoms with van der Waals surface area (Å²) in [5.41, 5.74) is 0.705. The highest BCUT2D eigenvalue weighted by atomic mass is 16.3. The van der Waals surface area contributed by atoms with E-state index in [4.69, 9.17) is 0 Å². The molecule has 5 heteroatoms. The Morgan fingerprint density at radius 3 is 2.44 bits per heavy atom. The number of rotatable bonds is 2. The zero-order chi connectivity index (χ0) is 12.7. The van der Waals surface area contributed by atoms with Gasteiger partial charge in [0.25, 0.3) is 5.91 Å². The van der Waals surface area contributed by atoms with Crippen molar-refractivity contribution in [2.24, 2.45) is 0 Å². The smallest absolute Gasteiger partial charge is 0.250 e. The Balaban J connectivity index is 1.87. The second kappa shape index (κ2) is 4.01. The molecule has 0 spiro atoms. The van der Waals surface area contributed by atoms with Crippen LogP contribution in [0.4, 0.5) is 0 Å². The van der Waals surface area contributed by atoms with Crippen molar-refractivity contribution in [3.63, 3.8) is 0 Å². The minimum atomic E-state index is -0.618. The first-order chi connectivity index (χ1) is 8.65. The third kappa shape index (κ3) is 1.92. The largest absolute Gasteiger partial charge is 0.508 e. The number of carbonyl (C=O) groups excluding carboxylic acids is 2. The molecule has 1 saturated carbocycles. The van der Waals surface area contributed by atoms with Crippen LogP contribution in [0.5, 0.6) is 5.75 Å². The van der Waals surface area contributed by atoms with Gasteiger partial charge in [0.2, 0.25) is 5.91 Å². The molecule has 1 unspecified atom stereocenters. The van der Waals surface area contributed by atoms with Crippen molar-refractivity contribution in [2.45, 2.75) is 24.9 Å². The molecular weight excluding hydrogens is 232 g/mol. The summed E-state index contributed by atoms with van der Waals surface area (Å²) >= 11 is 0. The van der Waals surface area contributed by atoms with Crippen LogP contribution in [0.2, 0.25) is 0 Å². The number of phenols is 1. The van der Waals surface area contributed by atoms with Gasteiger partial charge in [0, 0.05) is 6.04 Å². The van der Waals surface area contributed by atoms with Crippen molar-refractivity contribution in [3.8, 4) is 5.75 Å². The Bertz CT molecular complexity index is 493. The molecule has 2 amide bonds. The number of hydrogen-bond acceptors (Lipinski definition) is 3. The quantitative estimate of drug-likeness (QED) is 0.800. The van der Waals surface area contributed by atoms with Gasteiger partial charge in [-0.2, -0.15) is 0 Å². The van der Waals surface area contributed by atoms with Crippen molar-refractivity contribution in [2.75, 3.05) is 6.54 Å². The Labute approximate surface area is 104 Å². The monoisotopic (exact) mass is 246 g/mol. The van der Waals surface area contributed by atoms with E-state index in [0.29, 0.717) is 5.56 Å². The summed E-state index contributed by atoms with van der Waals surface area (Å²) in [5.74, 6) is -0.0326. The van der Waals surface area contributed by atoms with Crippen LogP contribution in [-0.4, -0.2) is 34.4 Å². The van der Waals surface area contributed by atoms with Gasteiger partial charge in [-0.1, -0.05) is 12.1 Å². The van der Waals surface area contributed by atoms with Gasteiger partial charge in [0.15, 0.2) is 0 Å². The third-order valence-electron chi connectivity index (χ3n) is 3.36. The van der Waals surface area contributed by atoms with Crippen molar-refractivity contribution in [1.29, 1.82) is 0 Å². The van der Waals surface area contributed by atoms with E-state index >= 15 is 0 Å². The maximum absolute atomic E-state index is 12.3. The van der Waals surface area contributed by atoms with Crippen LogP contribution in [0, 0.1) is 0 Å². The Hall–Kier alpha value is -2.04. The van der Waals surface area contributed by atoms with E-state index in [0.717, 1.165) is 12.8 Å². The summed E-state index contributed by atoms with van der Waals surface area (Å²) in [6.07, 6.45) is 1.97. The predicted octanol–water partition coefficient (Wildman–Crippen LogP) is 0.554. The maximum atomic E-state index is 12.3. The Morgan fingerprint density at radius 2 is 1.83 bits per heavy atom. The standard InChI is InChI=1S/C13H14N2O3/c16-10-5-1-8(2-6-10)12-13(18)15(9-3-4-9)7-11(17)14-12/h1-2,5-6,9,12,16H,3-4,7H2,(H,14,17). The second-order valence-electron chi connectivity index (χ2n) is 4.79. The zero-order valence-electron chi connectivity index (χ0n) is 9.80.